The average Bonchev–Trinajstić information content (AvgIpc) is 2.61. The average molecular weight is 232 g/mol. The molecule has 0 aromatic heterocycles. The van der Waals surface area contributed by atoms with E-state index in [0.29, 0.717) is 6.04 Å². The Bertz CT molecular complexity index is 327. The van der Waals surface area contributed by atoms with Crippen molar-refractivity contribution in [1.29, 1.82) is 0 Å². The van der Waals surface area contributed by atoms with Crippen LogP contribution in [0.2, 0.25) is 0 Å². The Morgan fingerprint density at radius 2 is 2.12 bits per heavy atom. The summed E-state index contributed by atoms with van der Waals surface area (Å²) in [6.07, 6.45) is 6.20. The number of hydrogen-bond acceptors (Lipinski definition) is 2. The van der Waals surface area contributed by atoms with Gasteiger partial charge in [-0.3, -0.25) is 0 Å². The predicted molar refractivity (Wildman–Crippen MR) is 74.6 cm³/mol. The fourth-order valence-corrected chi connectivity index (χ4v) is 2.53. The van der Waals surface area contributed by atoms with Crippen molar-refractivity contribution in [2.24, 2.45) is 0 Å². The second-order valence-electron chi connectivity index (χ2n) is 4.93. The standard InChI is InChI=1S/C15H24N2/c1-2-6-13-7-3-4-9-15(13)17-14-8-5-11-16-12-10-14/h3-4,7,9,14,16-17H,2,5-6,8,10-12H2,1H3. The van der Waals surface area contributed by atoms with Crippen LogP contribution in [0.25, 0.3) is 0 Å². The maximum Gasteiger partial charge on any atom is 0.0374 e. The molecule has 1 unspecified atom stereocenters. The first kappa shape index (κ1) is 12.4. The molecule has 1 atom stereocenters. The minimum absolute atomic E-state index is 0.642. The molecule has 2 heteroatoms. The Morgan fingerprint density at radius 1 is 1.24 bits per heavy atom. The van der Waals surface area contributed by atoms with E-state index in [9.17, 15) is 0 Å². The van der Waals surface area contributed by atoms with Crippen molar-refractivity contribution in [3.8, 4) is 0 Å². The van der Waals surface area contributed by atoms with Gasteiger partial charge in [-0.2, -0.15) is 0 Å². The van der Waals surface area contributed by atoms with E-state index >= 15 is 0 Å². The van der Waals surface area contributed by atoms with Crippen LogP contribution in [0.5, 0.6) is 0 Å². The summed E-state index contributed by atoms with van der Waals surface area (Å²) in [6.45, 7) is 4.56. The van der Waals surface area contributed by atoms with Gasteiger partial charge in [0, 0.05) is 11.7 Å². The Hall–Kier alpha value is -1.02. The van der Waals surface area contributed by atoms with E-state index in [-0.39, 0.29) is 0 Å². The van der Waals surface area contributed by atoms with E-state index in [1.165, 1.54) is 49.9 Å². The van der Waals surface area contributed by atoms with Crippen LogP contribution in [0.1, 0.15) is 38.2 Å². The van der Waals surface area contributed by atoms with Gasteiger partial charge in [-0.25, -0.2) is 0 Å². The second-order valence-corrected chi connectivity index (χ2v) is 4.93. The van der Waals surface area contributed by atoms with E-state index in [0.717, 1.165) is 6.54 Å². The van der Waals surface area contributed by atoms with E-state index in [4.69, 9.17) is 0 Å². The van der Waals surface area contributed by atoms with Gasteiger partial charge >= 0.3 is 0 Å². The number of nitrogens with one attached hydrogen (secondary N) is 2. The highest BCUT2D eigenvalue weighted by Crippen LogP contribution is 2.20. The van der Waals surface area contributed by atoms with Crippen LogP contribution in [0.15, 0.2) is 24.3 Å². The lowest BCUT2D eigenvalue weighted by molar-refractivity contribution is 0.636. The minimum atomic E-state index is 0.642. The van der Waals surface area contributed by atoms with Gasteiger partial charge in [0.1, 0.15) is 0 Å². The summed E-state index contributed by atoms with van der Waals surface area (Å²) in [7, 11) is 0. The molecule has 2 nitrogen and oxygen atoms in total. The molecule has 0 spiro atoms. The van der Waals surface area contributed by atoms with Crippen molar-refractivity contribution in [3.05, 3.63) is 29.8 Å². The molecule has 1 heterocycles. The molecule has 1 saturated heterocycles. The van der Waals surface area contributed by atoms with E-state index < -0.39 is 0 Å². The number of hydrogen-bond donors (Lipinski definition) is 2. The van der Waals surface area contributed by atoms with Crippen LogP contribution in [0, 0.1) is 0 Å². The second kappa shape index (κ2) is 6.65. The third kappa shape index (κ3) is 3.74. The van der Waals surface area contributed by atoms with Crippen molar-refractivity contribution in [2.45, 2.75) is 45.1 Å². The van der Waals surface area contributed by atoms with Gasteiger partial charge in [0.25, 0.3) is 0 Å². The summed E-state index contributed by atoms with van der Waals surface area (Å²) in [5.74, 6) is 0. The summed E-state index contributed by atoms with van der Waals surface area (Å²) in [5.41, 5.74) is 2.81. The Morgan fingerprint density at radius 3 is 3.00 bits per heavy atom. The first-order valence-corrected chi connectivity index (χ1v) is 6.95. The zero-order valence-electron chi connectivity index (χ0n) is 10.8. The van der Waals surface area contributed by atoms with Crippen LogP contribution >= 0.6 is 0 Å². The number of para-hydroxylation sites is 1. The van der Waals surface area contributed by atoms with Crippen LogP contribution < -0.4 is 10.6 Å². The Balaban J connectivity index is 2.00. The first-order valence-electron chi connectivity index (χ1n) is 6.95. The number of rotatable bonds is 4. The molecule has 0 saturated carbocycles. The van der Waals surface area contributed by atoms with Gasteiger partial charge in [-0.1, -0.05) is 31.5 Å². The lowest BCUT2D eigenvalue weighted by Gasteiger charge is -2.19. The zero-order chi connectivity index (χ0) is 11.9. The summed E-state index contributed by atoms with van der Waals surface area (Å²) in [4.78, 5) is 0. The van der Waals surface area contributed by atoms with Crippen molar-refractivity contribution in [1.82, 2.24) is 5.32 Å². The summed E-state index contributed by atoms with van der Waals surface area (Å²) < 4.78 is 0. The Labute approximate surface area is 105 Å². The molecule has 94 valence electrons. The first-order chi connectivity index (χ1) is 8.40. The number of aryl methyl sites for hydroxylation is 1. The molecule has 0 aliphatic carbocycles. The highest BCUT2D eigenvalue weighted by molar-refractivity contribution is 5.51. The monoisotopic (exact) mass is 232 g/mol. The maximum absolute atomic E-state index is 3.73. The topological polar surface area (TPSA) is 24.1 Å². The molecule has 0 amide bonds. The van der Waals surface area contributed by atoms with E-state index in [2.05, 4.69) is 41.8 Å². The largest absolute Gasteiger partial charge is 0.382 e. The Kier molecular flexibility index (Phi) is 4.87. The fraction of sp³-hybridized carbons (Fsp3) is 0.600. The lowest BCUT2D eigenvalue weighted by Crippen LogP contribution is -2.22. The van der Waals surface area contributed by atoms with E-state index in [1.807, 2.05) is 0 Å². The third-order valence-corrected chi connectivity index (χ3v) is 3.47. The van der Waals surface area contributed by atoms with Crippen LogP contribution in [-0.2, 0) is 6.42 Å². The molecule has 0 bridgehead atoms. The molecule has 1 aromatic carbocycles. The van der Waals surface area contributed by atoms with Gasteiger partial charge in [-0.15, -0.1) is 0 Å². The van der Waals surface area contributed by atoms with Gasteiger partial charge in [-0.05, 0) is 50.4 Å². The molecule has 2 N–H and O–H groups in total. The number of benzene rings is 1. The summed E-state index contributed by atoms with van der Waals surface area (Å²) in [6, 6.07) is 9.40. The zero-order valence-corrected chi connectivity index (χ0v) is 10.8. The lowest BCUT2D eigenvalue weighted by atomic mass is 10.0. The normalized spacial score (nSPS) is 20.9. The third-order valence-electron chi connectivity index (χ3n) is 3.47. The molecule has 1 aliphatic heterocycles. The van der Waals surface area contributed by atoms with Crippen LogP contribution in [-0.4, -0.2) is 19.1 Å². The molecule has 0 radical (unpaired) electrons. The minimum Gasteiger partial charge on any atom is -0.382 e. The highest BCUT2D eigenvalue weighted by atomic mass is 14.9. The summed E-state index contributed by atoms with van der Waals surface area (Å²) in [5, 5.41) is 7.20. The molecule has 17 heavy (non-hydrogen) atoms. The highest BCUT2D eigenvalue weighted by Gasteiger charge is 2.12. The fourth-order valence-electron chi connectivity index (χ4n) is 2.53. The van der Waals surface area contributed by atoms with Gasteiger partial charge in [0.2, 0.25) is 0 Å². The van der Waals surface area contributed by atoms with Crippen molar-refractivity contribution in [3.63, 3.8) is 0 Å². The molecule has 2 rings (SSSR count). The smallest absolute Gasteiger partial charge is 0.0374 e. The molecule has 1 aromatic rings. The van der Waals surface area contributed by atoms with Crippen molar-refractivity contribution >= 4 is 5.69 Å². The van der Waals surface area contributed by atoms with Crippen molar-refractivity contribution < 1.29 is 0 Å². The van der Waals surface area contributed by atoms with Gasteiger partial charge in [0.15, 0.2) is 0 Å². The molecule has 1 fully saturated rings. The van der Waals surface area contributed by atoms with Gasteiger partial charge in [0.05, 0.1) is 0 Å². The molecule has 1 aliphatic rings. The molecular weight excluding hydrogens is 208 g/mol. The SMILES string of the molecule is CCCc1ccccc1NC1CCCNCC1. The number of anilines is 1. The van der Waals surface area contributed by atoms with Crippen LogP contribution in [0.3, 0.4) is 0 Å². The predicted octanol–water partition coefficient (Wildman–Crippen LogP) is 3.19. The van der Waals surface area contributed by atoms with E-state index in [1.54, 1.807) is 0 Å². The maximum atomic E-state index is 3.73. The molecular formula is C15H24N2. The van der Waals surface area contributed by atoms with Crippen molar-refractivity contribution in [2.75, 3.05) is 18.4 Å². The van der Waals surface area contributed by atoms with Gasteiger partial charge < -0.3 is 10.6 Å². The summed E-state index contributed by atoms with van der Waals surface area (Å²) >= 11 is 0. The quantitative estimate of drug-likeness (QED) is 0.833. The van der Waals surface area contributed by atoms with Crippen LogP contribution in [0.4, 0.5) is 5.69 Å².